The maximum Gasteiger partial charge on any atom is 0.422 e. The first-order valence-corrected chi connectivity index (χ1v) is 8.76. The molecule has 0 radical (unpaired) electrons. The van der Waals surface area contributed by atoms with E-state index in [9.17, 15) is 18.0 Å². The van der Waals surface area contributed by atoms with Gasteiger partial charge in [0, 0.05) is 30.2 Å². The number of amides is 2. The number of rotatable bonds is 7. The molecular formula is C20H20F3N3O2. The van der Waals surface area contributed by atoms with Crippen LogP contribution < -0.4 is 15.4 Å². The van der Waals surface area contributed by atoms with Crippen molar-refractivity contribution in [2.75, 3.05) is 13.2 Å². The molecular weight excluding hydrogens is 371 g/mol. The summed E-state index contributed by atoms with van der Waals surface area (Å²) in [6.07, 6.45) is -1.74. The van der Waals surface area contributed by atoms with E-state index in [1.165, 1.54) is 12.1 Å². The fourth-order valence-electron chi connectivity index (χ4n) is 2.76. The molecule has 0 aliphatic rings. The van der Waals surface area contributed by atoms with Gasteiger partial charge in [-0.2, -0.15) is 13.2 Å². The Balaban J connectivity index is 1.39. The van der Waals surface area contributed by atoms with Gasteiger partial charge in [-0.3, -0.25) is 0 Å². The number of nitrogens with one attached hydrogen (secondary N) is 3. The van der Waals surface area contributed by atoms with Gasteiger partial charge in [0.25, 0.3) is 0 Å². The molecule has 0 atom stereocenters. The Labute approximate surface area is 159 Å². The van der Waals surface area contributed by atoms with Crippen LogP contribution in [-0.4, -0.2) is 30.3 Å². The number of aromatic nitrogens is 1. The van der Waals surface area contributed by atoms with Crippen molar-refractivity contribution in [3.05, 3.63) is 65.9 Å². The summed E-state index contributed by atoms with van der Waals surface area (Å²) in [7, 11) is 0. The Hall–Kier alpha value is -3.16. The quantitative estimate of drug-likeness (QED) is 0.566. The molecule has 1 aromatic heterocycles. The van der Waals surface area contributed by atoms with Gasteiger partial charge in [-0.15, -0.1) is 0 Å². The maximum atomic E-state index is 12.1. The number of fused-ring (bicyclic) bond motifs is 1. The summed E-state index contributed by atoms with van der Waals surface area (Å²) >= 11 is 0. The Morgan fingerprint density at radius 3 is 2.54 bits per heavy atom. The van der Waals surface area contributed by atoms with E-state index >= 15 is 0 Å². The van der Waals surface area contributed by atoms with Crippen LogP contribution in [-0.2, 0) is 13.0 Å². The molecule has 0 saturated heterocycles. The summed E-state index contributed by atoms with van der Waals surface area (Å²) in [6, 6.07) is 13.8. The molecule has 0 unspecified atom stereocenters. The molecule has 148 valence electrons. The summed E-state index contributed by atoms with van der Waals surface area (Å²) in [6.45, 7) is -0.584. The number of halogens is 3. The van der Waals surface area contributed by atoms with E-state index in [-0.39, 0.29) is 18.3 Å². The predicted molar refractivity (Wildman–Crippen MR) is 100 cm³/mol. The van der Waals surface area contributed by atoms with Crippen LogP contribution in [0.1, 0.15) is 11.1 Å². The Morgan fingerprint density at radius 2 is 1.79 bits per heavy atom. The third-order valence-corrected chi connectivity index (χ3v) is 4.13. The van der Waals surface area contributed by atoms with Crippen LogP contribution in [0.15, 0.2) is 54.7 Å². The highest BCUT2D eigenvalue weighted by Gasteiger charge is 2.28. The topological polar surface area (TPSA) is 66.2 Å². The van der Waals surface area contributed by atoms with Gasteiger partial charge in [0.2, 0.25) is 0 Å². The van der Waals surface area contributed by atoms with E-state index in [4.69, 9.17) is 0 Å². The summed E-state index contributed by atoms with van der Waals surface area (Å²) < 4.78 is 41.0. The predicted octanol–water partition coefficient (Wildman–Crippen LogP) is 4.15. The molecule has 3 rings (SSSR count). The molecule has 0 fully saturated rings. The molecule has 8 heteroatoms. The standard InChI is InChI=1S/C20H20F3N3O2/c21-20(22,23)13-28-16-7-5-14(6-8-16)11-26-19(27)24-10-9-15-12-25-18-4-2-1-3-17(15)18/h1-8,12,25H,9-11,13H2,(H2,24,26,27). The summed E-state index contributed by atoms with van der Waals surface area (Å²) in [5.74, 6) is 0.129. The average molecular weight is 391 g/mol. The minimum Gasteiger partial charge on any atom is -0.484 e. The molecule has 28 heavy (non-hydrogen) atoms. The van der Waals surface area contributed by atoms with Gasteiger partial charge in [-0.05, 0) is 35.7 Å². The van der Waals surface area contributed by atoms with Crippen LogP contribution >= 0.6 is 0 Å². The second kappa shape index (κ2) is 8.69. The Morgan fingerprint density at radius 1 is 1.04 bits per heavy atom. The first-order chi connectivity index (χ1) is 13.4. The highest BCUT2D eigenvalue weighted by atomic mass is 19.4. The largest absolute Gasteiger partial charge is 0.484 e. The lowest BCUT2D eigenvalue weighted by Crippen LogP contribution is -2.36. The minimum atomic E-state index is -4.37. The molecule has 0 spiro atoms. The number of H-pyrrole nitrogens is 1. The Bertz CT molecular complexity index is 920. The van der Waals surface area contributed by atoms with Crippen molar-refractivity contribution in [2.24, 2.45) is 0 Å². The van der Waals surface area contributed by atoms with E-state index in [2.05, 4.69) is 20.4 Å². The van der Waals surface area contributed by atoms with Gasteiger partial charge in [0.15, 0.2) is 6.61 Å². The summed E-state index contributed by atoms with van der Waals surface area (Å²) in [4.78, 5) is 15.1. The van der Waals surface area contributed by atoms with Crippen LogP contribution in [0.2, 0.25) is 0 Å². The third kappa shape index (κ3) is 5.67. The number of hydrogen-bond acceptors (Lipinski definition) is 2. The van der Waals surface area contributed by atoms with E-state index < -0.39 is 12.8 Å². The number of ether oxygens (including phenoxy) is 1. The van der Waals surface area contributed by atoms with E-state index in [1.54, 1.807) is 12.1 Å². The fraction of sp³-hybridized carbons (Fsp3) is 0.250. The normalized spacial score (nSPS) is 11.4. The maximum absolute atomic E-state index is 12.1. The monoisotopic (exact) mass is 391 g/mol. The van der Waals surface area contributed by atoms with Crippen LogP contribution in [0, 0.1) is 0 Å². The van der Waals surface area contributed by atoms with Crippen LogP contribution in [0.5, 0.6) is 5.75 Å². The number of benzene rings is 2. The molecule has 5 nitrogen and oxygen atoms in total. The highest BCUT2D eigenvalue weighted by Crippen LogP contribution is 2.19. The smallest absolute Gasteiger partial charge is 0.422 e. The number of alkyl halides is 3. The summed E-state index contributed by atoms with van der Waals surface area (Å²) in [5.41, 5.74) is 2.95. The number of carbonyl (C=O) groups is 1. The number of aromatic amines is 1. The molecule has 3 N–H and O–H groups in total. The average Bonchev–Trinajstić information content (AvgIpc) is 3.08. The highest BCUT2D eigenvalue weighted by molar-refractivity contribution is 5.83. The fourth-order valence-corrected chi connectivity index (χ4v) is 2.76. The van der Waals surface area contributed by atoms with Gasteiger partial charge >= 0.3 is 12.2 Å². The van der Waals surface area contributed by atoms with Gasteiger partial charge in [-0.25, -0.2) is 4.79 Å². The van der Waals surface area contributed by atoms with Crippen molar-refractivity contribution in [3.63, 3.8) is 0 Å². The van der Waals surface area contributed by atoms with Crippen molar-refractivity contribution in [1.82, 2.24) is 15.6 Å². The van der Waals surface area contributed by atoms with Crippen LogP contribution in [0.3, 0.4) is 0 Å². The van der Waals surface area contributed by atoms with Gasteiger partial charge in [0.05, 0.1) is 0 Å². The zero-order valence-electron chi connectivity index (χ0n) is 15.0. The van der Waals surface area contributed by atoms with E-state index in [1.807, 2.05) is 30.5 Å². The number of hydrogen-bond donors (Lipinski definition) is 3. The van der Waals surface area contributed by atoms with Crippen molar-refractivity contribution in [3.8, 4) is 5.75 Å². The second-order valence-electron chi connectivity index (χ2n) is 6.27. The van der Waals surface area contributed by atoms with E-state index in [0.29, 0.717) is 13.0 Å². The summed E-state index contributed by atoms with van der Waals surface area (Å²) in [5, 5.41) is 6.64. The Kier molecular flexibility index (Phi) is 6.08. The number of para-hydroxylation sites is 1. The number of carbonyl (C=O) groups excluding carboxylic acids is 1. The van der Waals surface area contributed by atoms with Crippen molar-refractivity contribution < 1.29 is 22.7 Å². The zero-order valence-corrected chi connectivity index (χ0v) is 15.0. The van der Waals surface area contributed by atoms with Crippen LogP contribution in [0.4, 0.5) is 18.0 Å². The van der Waals surface area contributed by atoms with Crippen molar-refractivity contribution in [2.45, 2.75) is 19.1 Å². The van der Waals surface area contributed by atoms with Gasteiger partial charge < -0.3 is 20.4 Å². The zero-order chi connectivity index (χ0) is 20.0. The van der Waals surface area contributed by atoms with Gasteiger partial charge in [-0.1, -0.05) is 30.3 Å². The first-order valence-electron chi connectivity index (χ1n) is 8.76. The number of urea groups is 1. The van der Waals surface area contributed by atoms with E-state index in [0.717, 1.165) is 22.0 Å². The molecule has 0 aliphatic heterocycles. The van der Waals surface area contributed by atoms with Crippen molar-refractivity contribution in [1.29, 1.82) is 0 Å². The lowest BCUT2D eigenvalue weighted by atomic mass is 10.1. The molecule has 3 aromatic rings. The molecule has 2 aromatic carbocycles. The molecule has 0 aliphatic carbocycles. The molecule has 2 amide bonds. The second-order valence-corrected chi connectivity index (χ2v) is 6.27. The van der Waals surface area contributed by atoms with Gasteiger partial charge in [0.1, 0.15) is 5.75 Å². The SMILES string of the molecule is O=C(NCCc1c[nH]c2ccccc12)NCc1ccc(OCC(F)(F)F)cc1. The first kappa shape index (κ1) is 19.6. The lowest BCUT2D eigenvalue weighted by molar-refractivity contribution is -0.153. The van der Waals surface area contributed by atoms with Crippen LogP contribution in [0.25, 0.3) is 10.9 Å². The van der Waals surface area contributed by atoms with Crippen molar-refractivity contribution >= 4 is 16.9 Å². The molecule has 0 bridgehead atoms. The molecule has 0 saturated carbocycles. The molecule has 1 heterocycles. The third-order valence-electron chi connectivity index (χ3n) is 4.13. The lowest BCUT2D eigenvalue weighted by Gasteiger charge is -2.10. The minimum absolute atomic E-state index is 0.129.